The first-order valence-corrected chi connectivity index (χ1v) is 10.8. The van der Waals surface area contributed by atoms with Crippen LogP contribution in [0.5, 0.6) is 11.5 Å². The molecule has 162 valence electrons. The number of aromatic nitrogens is 1. The van der Waals surface area contributed by atoms with Gasteiger partial charge in [0, 0.05) is 18.3 Å². The molecule has 0 aliphatic carbocycles. The van der Waals surface area contributed by atoms with Gasteiger partial charge in [-0.05, 0) is 24.6 Å². The number of pyridine rings is 1. The fourth-order valence-electron chi connectivity index (χ4n) is 3.53. The highest BCUT2D eigenvalue weighted by molar-refractivity contribution is 5.98. The Morgan fingerprint density at radius 3 is 2.50 bits per heavy atom. The van der Waals surface area contributed by atoms with Gasteiger partial charge in [-0.3, -0.25) is 4.79 Å². The van der Waals surface area contributed by atoms with Gasteiger partial charge >= 0.3 is 0 Å². The van der Waals surface area contributed by atoms with Crippen LogP contribution in [0.2, 0.25) is 0 Å². The third-order valence-electron chi connectivity index (χ3n) is 5.22. The molecule has 0 bridgehead atoms. The summed E-state index contributed by atoms with van der Waals surface area (Å²) < 4.78 is 34.5. The van der Waals surface area contributed by atoms with Gasteiger partial charge in [-0.25, -0.2) is 9.37 Å². The second-order valence-corrected chi connectivity index (χ2v) is 7.60. The maximum absolute atomic E-state index is 14.5. The largest absolute Gasteiger partial charge is 0.454 e. The number of carbonyl (C=O) groups is 1. The molecule has 1 aliphatic rings. The van der Waals surface area contributed by atoms with Gasteiger partial charge in [-0.15, -0.1) is 0 Å². The predicted octanol–water partition coefficient (Wildman–Crippen LogP) is 6.20. The lowest BCUT2D eigenvalue weighted by Gasteiger charge is -2.13. The molecule has 2 heterocycles. The van der Waals surface area contributed by atoms with E-state index in [1.54, 1.807) is 0 Å². The van der Waals surface area contributed by atoms with Crippen molar-refractivity contribution in [3.8, 4) is 11.5 Å². The first-order valence-electron chi connectivity index (χ1n) is 10.8. The predicted molar refractivity (Wildman–Crippen MR) is 114 cm³/mol. The van der Waals surface area contributed by atoms with Gasteiger partial charge in [0.25, 0.3) is 0 Å². The van der Waals surface area contributed by atoms with Crippen molar-refractivity contribution >= 4 is 17.4 Å². The number of unbranched alkanes of at least 4 members (excludes halogenated alkanes) is 7. The fraction of sp³-hybridized carbons (Fsp3) is 0.478. The Bertz CT molecular complexity index is 874. The van der Waals surface area contributed by atoms with Crippen molar-refractivity contribution in [1.82, 2.24) is 4.98 Å². The Labute approximate surface area is 176 Å². The van der Waals surface area contributed by atoms with Crippen molar-refractivity contribution in [2.75, 3.05) is 17.2 Å². The van der Waals surface area contributed by atoms with Gasteiger partial charge in [0.2, 0.25) is 11.7 Å². The number of nitrogens with one attached hydrogen (secondary N) is 2. The van der Waals surface area contributed by atoms with Crippen LogP contribution in [0.15, 0.2) is 24.4 Å². The fourth-order valence-corrected chi connectivity index (χ4v) is 3.53. The molecule has 0 spiro atoms. The molecule has 1 aromatic carbocycles. The monoisotopic (exact) mass is 417 g/mol. The molecule has 0 unspecified atom stereocenters. The molecular formula is C23H29F2N3O2. The average molecular weight is 418 g/mol. The van der Waals surface area contributed by atoms with Gasteiger partial charge in [-0.2, -0.15) is 4.39 Å². The van der Waals surface area contributed by atoms with Gasteiger partial charge in [0.05, 0.1) is 12.1 Å². The Balaban J connectivity index is 1.50. The number of ether oxygens (including phenoxy) is 1. The zero-order chi connectivity index (χ0) is 21.3. The summed E-state index contributed by atoms with van der Waals surface area (Å²) in [5.74, 6) is -1.78. The number of rotatable bonds is 12. The zero-order valence-corrected chi connectivity index (χ0v) is 17.4. The molecule has 0 atom stereocenters. The van der Waals surface area contributed by atoms with Gasteiger partial charge < -0.3 is 15.4 Å². The summed E-state index contributed by atoms with van der Waals surface area (Å²) in [5, 5.41) is 5.57. The number of benzene rings is 1. The molecule has 3 rings (SSSR count). The molecule has 7 heteroatoms. The maximum Gasteiger partial charge on any atom is 0.230 e. The molecule has 1 aromatic heterocycles. The maximum atomic E-state index is 14.5. The lowest BCUT2D eigenvalue weighted by Crippen LogP contribution is -2.05. The van der Waals surface area contributed by atoms with Gasteiger partial charge in [-0.1, -0.05) is 51.9 Å². The van der Waals surface area contributed by atoms with Crippen LogP contribution in [0.4, 0.5) is 20.3 Å². The molecule has 0 radical (unpaired) electrons. The summed E-state index contributed by atoms with van der Waals surface area (Å²) in [5.41, 5.74) is 0.666. The first-order chi connectivity index (χ1) is 14.6. The van der Waals surface area contributed by atoms with Crippen molar-refractivity contribution in [2.24, 2.45) is 0 Å². The van der Waals surface area contributed by atoms with Crippen molar-refractivity contribution < 1.29 is 18.3 Å². The number of hydrogen-bond acceptors (Lipinski definition) is 4. The summed E-state index contributed by atoms with van der Waals surface area (Å²) in [7, 11) is 0. The molecule has 2 aromatic rings. The van der Waals surface area contributed by atoms with Crippen molar-refractivity contribution in [2.45, 2.75) is 64.7 Å². The van der Waals surface area contributed by atoms with Crippen molar-refractivity contribution in [3.05, 3.63) is 41.6 Å². The van der Waals surface area contributed by atoms with Crippen LogP contribution in [0, 0.1) is 11.6 Å². The third-order valence-corrected chi connectivity index (χ3v) is 5.22. The Morgan fingerprint density at radius 1 is 1.00 bits per heavy atom. The summed E-state index contributed by atoms with van der Waals surface area (Å²) in [4.78, 5) is 15.6. The molecule has 1 amide bonds. The van der Waals surface area contributed by atoms with Gasteiger partial charge in [0.1, 0.15) is 11.6 Å². The van der Waals surface area contributed by atoms with E-state index in [2.05, 4.69) is 22.5 Å². The highest BCUT2D eigenvalue weighted by Crippen LogP contribution is 2.35. The zero-order valence-electron chi connectivity index (χ0n) is 17.4. The van der Waals surface area contributed by atoms with Crippen LogP contribution >= 0.6 is 0 Å². The van der Waals surface area contributed by atoms with E-state index >= 15 is 0 Å². The molecule has 0 saturated heterocycles. The van der Waals surface area contributed by atoms with E-state index in [9.17, 15) is 13.6 Å². The van der Waals surface area contributed by atoms with E-state index < -0.39 is 11.6 Å². The molecule has 2 N–H and O–H groups in total. The van der Waals surface area contributed by atoms with E-state index in [1.807, 2.05) is 0 Å². The van der Waals surface area contributed by atoms with Gasteiger partial charge in [0.15, 0.2) is 11.6 Å². The average Bonchev–Trinajstić information content (AvgIpc) is 3.13. The van der Waals surface area contributed by atoms with Crippen molar-refractivity contribution in [3.63, 3.8) is 0 Å². The van der Waals surface area contributed by atoms with Crippen LogP contribution in [0.25, 0.3) is 0 Å². The summed E-state index contributed by atoms with van der Waals surface area (Å²) in [6, 6.07) is 4.40. The summed E-state index contributed by atoms with van der Waals surface area (Å²) in [6.07, 6.45) is 11.0. The molecule has 30 heavy (non-hydrogen) atoms. The van der Waals surface area contributed by atoms with Crippen LogP contribution in [-0.4, -0.2) is 17.4 Å². The smallest absolute Gasteiger partial charge is 0.230 e. The second-order valence-electron chi connectivity index (χ2n) is 7.60. The van der Waals surface area contributed by atoms with Crippen LogP contribution < -0.4 is 15.4 Å². The number of fused-ring (bicyclic) bond motifs is 1. The molecule has 1 aliphatic heterocycles. The molecule has 5 nitrogen and oxygen atoms in total. The Kier molecular flexibility index (Phi) is 7.99. The number of nitrogens with zero attached hydrogens (tertiary/aromatic N) is 1. The second kappa shape index (κ2) is 10.9. The lowest BCUT2D eigenvalue weighted by atomic mass is 10.1. The molecule has 0 saturated carbocycles. The van der Waals surface area contributed by atoms with Crippen molar-refractivity contribution in [1.29, 1.82) is 0 Å². The number of carbonyl (C=O) groups excluding carboxylic acids is 1. The molecular weight excluding hydrogens is 388 g/mol. The molecule has 0 fully saturated rings. The number of anilines is 2. The minimum Gasteiger partial charge on any atom is -0.454 e. The Morgan fingerprint density at radius 2 is 1.73 bits per heavy atom. The number of amides is 1. The van der Waals surface area contributed by atoms with Crippen LogP contribution in [0.3, 0.4) is 0 Å². The minimum atomic E-state index is -1.06. The Hall–Kier alpha value is -2.70. The number of halogens is 2. The van der Waals surface area contributed by atoms with Crippen LogP contribution in [-0.2, 0) is 11.2 Å². The quantitative estimate of drug-likeness (QED) is 0.404. The summed E-state index contributed by atoms with van der Waals surface area (Å²) >= 11 is 0. The standard InChI is InChI=1S/C23H29F2N3O2/c1-2-3-4-5-6-7-8-9-13-26-17-10-11-19(22(25)21(17)24)30-18-12-14-27-23-16(18)15-20(29)28-23/h10-12,14,26H,2-9,13,15H2,1H3,(H,27,28,29). The van der Waals surface area contributed by atoms with E-state index in [0.717, 1.165) is 12.8 Å². The van der Waals surface area contributed by atoms with E-state index in [0.29, 0.717) is 17.9 Å². The highest BCUT2D eigenvalue weighted by Gasteiger charge is 2.24. The normalized spacial score (nSPS) is 12.6. The third kappa shape index (κ3) is 5.68. The van der Waals surface area contributed by atoms with E-state index in [-0.39, 0.29) is 29.5 Å². The lowest BCUT2D eigenvalue weighted by molar-refractivity contribution is -0.115. The van der Waals surface area contributed by atoms with Crippen LogP contribution in [0.1, 0.15) is 63.9 Å². The number of hydrogen-bond donors (Lipinski definition) is 2. The minimum absolute atomic E-state index is 0.0981. The SMILES string of the molecule is CCCCCCCCCCNc1ccc(Oc2ccnc3c2CC(=O)N3)c(F)c1F. The van der Waals surface area contributed by atoms with E-state index in [1.165, 1.54) is 62.9 Å². The summed E-state index contributed by atoms with van der Waals surface area (Å²) in [6.45, 7) is 2.80. The highest BCUT2D eigenvalue weighted by atomic mass is 19.2. The first kappa shape index (κ1) is 22.0. The topological polar surface area (TPSA) is 63.2 Å². The van der Waals surface area contributed by atoms with E-state index in [4.69, 9.17) is 4.74 Å².